The molecule has 9 aromatic carbocycles. The van der Waals surface area contributed by atoms with E-state index in [1.165, 1.54) is 12.3 Å². The number of nitrogens with zero attached hydrogens (tertiary/aromatic N) is 4. The van der Waals surface area contributed by atoms with Gasteiger partial charge in [-0.25, -0.2) is 4.98 Å². The van der Waals surface area contributed by atoms with Crippen LogP contribution < -0.4 is 9.30 Å². The van der Waals surface area contributed by atoms with Gasteiger partial charge in [-0.05, 0) is 129 Å². The van der Waals surface area contributed by atoms with Crippen molar-refractivity contribution in [2.24, 2.45) is 0 Å². The van der Waals surface area contributed by atoms with E-state index in [1.54, 1.807) is 34.9 Å². The van der Waals surface area contributed by atoms with Crippen LogP contribution in [0.5, 0.6) is 11.5 Å². The summed E-state index contributed by atoms with van der Waals surface area (Å²) >= 11 is 0. The summed E-state index contributed by atoms with van der Waals surface area (Å²) in [7, 11) is 0. The lowest BCUT2D eigenvalue weighted by Crippen LogP contribution is -2.35. The molecule has 0 saturated carbocycles. The Bertz CT molecular complexity index is 4880. The quantitative estimate of drug-likeness (QED) is 0.123. The molecule has 0 fully saturated rings. The Morgan fingerprint density at radius 1 is 0.549 bits per heavy atom. The van der Waals surface area contributed by atoms with Crippen molar-refractivity contribution in [1.82, 2.24) is 14.1 Å². The van der Waals surface area contributed by atoms with Crippen LogP contribution in [0.1, 0.15) is 59.4 Å². The van der Waals surface area contributed by atoms with E-state index in [0.717, 1.165) is 33.0 Å². The summed E-state index contributed by atoms with van der Waals surface area (Å²) in [5.74, 6) is 0.941. The minimum atomic E-state index is -2.81. The van der Waals surface area contributed by atoms with E-state index in [4.69, 9.17) is 28.9 Å². The minimum absolute atomic E-state index is 0.00555. The smallest absolute Gasteiger partial charge is 0.269 e. The van der Waals surface area contributed by atoms with Gasteiger partial charge in [0.05, 0.1) is 47.1 Å². The van der Waals surface area contributed by atoms with Gasteiger partial charge < -0.3 is 4.74 Å². The molecule has 0 amide bonds. The van der Waals surface area contributed by atoms with Gasteiger partial charge in [0.1, 0.15) is 17.3 Å². The van der Waals surface area contributed by atoms with Gasteiger partial charge in [0.25, 0.3) is 6.33 Å². The van der Waals surface area contributed by atoms with Crippen LogP contribution in [0.15, 0.2) is 212 Å². The molecule has 0 unspecified atom stereocenters. The largest absolute Gasteiger partial charge is 0.458 e. The SMILES string of the molecule is [2H]c1c([2H])c([2H])c(-c2cc3c4c(c2)n(-c2cccc(Oc5ccc6c7ccccc7n(-c7cc(C([2H])([2H])[2H])c(-c8c([2H])c([2H])c([2H])c([2H])c8[2H])cn7)c6c5)c2)[c-][n+]4-c2c(cc(C([2H])([2H])[2H])cc2C(C)(C)C)-c2ccccc2-c2ccccc2-3)c([2H])c1[2H]. The molecule has 5 heteroatoms. The zero-order valence-electron chi connectivity index (χ0n) is 54.6. The second-order valence-electron chi connectivity index (χ2n) is 18.6. The highest BCUT2D eigenvalue weighted by molar-refractivity contribution is 6.09. The summed E-state index contributed by atoms with van der Waals surface area (Å²) in [6.45, 7) is 0.793. The number of aromatic nitrogens is 4. The van der Waals surface area contributed by atoms with Crippen LogP contribution in [-0.2, 0) is 5.41 Å². The van der Waals surface area contributed by atoms with Crippen molar-refractivity contribution < 1.29 is 31.2 Å². The minimum Gasteiger partial charge on any atom is -0.458 e. The summed E-state index contributed by atoms with van der Waals surface area (Å²) in [5, 5.41) is 1.59. The van der Waals surface area contributed by atoms with E-state index >= 15 is 0 Å². The maximum absolute atomic E-state index is 9.24. The number of para-hydroxylation sites is 1. The summed E-state index contributed by atoms with van der Waals surface area (Å²) in [6.07, 6.45) is 4.95. The van der Waals surface area contributed by atoms with Gasteiger partial charge in [-0.2, -0.15) is 0 Å². The lowest BCUT2D eigenvalue weighted by Gasteiger charge is -2.27. The van der Waals surface area contributed by atoms with Crippen molar-refractivity contribution >= 4 is 32.8 Å². The molecule has 1 aliphatic heterocycles. The highest BCUT2D eigenvalue weighted by atomic mass is 16.5. The predicted octanol–water partition coefficient (Wildman–Crippen LogP) is 16.6. The van der Waals surface area contributed by atoms with E-state index in [1.807, 2.05) is 139 Å². The number of benzene rings is 9. The Labute approximate surface area is 436 Å². The third kappa shape index (κ3) is 7.07. The molecule has 4 heterocycles. The molecule has 1 aliphatic rings. The molecule has 0 saturated heterocycles. The van der Waals surface area contributed by atoms with Crippen LogP contribution in [0.2, 0.25) is 0 Å². The van der Waals surface area contributed by atoms with Gasteiger partial charge in [0.15, 0.2) is 0 Å². The molecule has 12 aromatic rings. The molecule has 0 spiro atoms. The fourth-order valence-electron chi connectivity index (χ4n) is 10.1. The Morgan fingerprint density at radius 3 is 1.96 bits per heavy atom. The molecule has 5 nitrogen and oxygen atoms in total. The molecule has 0 atom stereocenters. The normalized spacial score (nSPS) is 15.6. The van der Waals surface area contributed by atoms with Crippen molar-refractivity contribution in [2.45, 2.75) is 39.9 Å². The first-order chi connectivity index (χ1) is 41.2. The molecule has 0 radical (unpaired) electrons. The number of hydrogen-bond donors (Lipinski definition) is 0. The van der Waals surface area contributed by atoms with Crippen LogP contribution >= 0.6 is 0 Å². The van der Waals surface area contributed by atoms with Gasteiger partial charge >= 0.3 is 0 Å². The highest BCUT2D eigenvalue weighted by Crippen LogP contribution is 2.47. The van der Waals surface area contributed by atoms with Crippen molar-refractivity contribution in [1.29, 1.82) is 0 Å². The standard InChI is InChI=1S/C66H50N4O/c1-42-33-56-52-27-14-12-25-50(52)51-26-13-15-28-53(51)57-36-46(44-19-8-6-9-20-44)37-62-65(57)69(64(56)59(34-42)66(3,4)5)41-68(62)47-23-18-24-48(38-47)71-49-31-32-55-54-29-16-17-30-60(54)70(61(55)39-49)63-35-43(2)58(40-67-63)45-21-10-7-11-22-45/h6-40H,1-5H3/i1D3,2D3,6D,7D,8D,9D,10D,11D,19D,20D,21D,22D. The fourth-order valence-corrected chi connectivity index (χ4v) is 10.1. The zero-order valence-corrected chi connectivity index (χ0v) is 38.6. The summed E-state index contributed by atoms with van der Waals surface area (Å²) in [4.78, 5) is 4.73. The summed E-state index contributed by atoms with van der Waals surface area (Å²) < 4.78 is 151. The molecule has 71 heavy (non-hydrogen) atoms. The zero-order chi connectivity index (χ0) is 61.7. The van der Waals surface area contributed by atoms with Crippen molar-refractivity contribution in [3.8, 4) is 84.3 Å². The highest BCUT2D eigenvalue weighted by Gasteiger charge is 2.30. The lowest BCUT2D eigenvalue weighted by atomic mass is 9.81. The van der Waals surface area contributed by atoms with Crippen LogP contribution in [0.4, 0.5) is 0 Å². The molecule has 0 aliphatic carbocycles. The summed E-state index contributed by atoms with van der Waals surface area (Å²) in [5.41, 5.74) is 7.91. The summed E-state index contributed by atoms with van der Waals surface area (Å²) in [6, 6.07) is 39.2. The van der Waals surface area contributed by atoms with Gasteiger partial charge in [0.2, 0.25) is 0 Å². The number of pyridine rings is 1. The predicted molar refractivity (Wildman–Crippen MR) is 291 cm³/mol. The van der Waals surface area contributed by atoms with Gasteiger partial charge in [-0.3, -0.25) is 13.7 Å². The third-order valence-corrected chi connectivity index (χ3v) is 13.3. The van der Waals surface area contributed by atoms with Gasteiger partial charge in [0, 0.05) is 36.8 Å². The topological polar surface area (TPSA) is 35.9 Å². The average molecular weight is 931 g/mol. The maximum Gasteiger partial charge on any atom is 0.269 e. The molecule has 0 bridgehead atoms. The second kappa shape index (κ2) is 16.4. The Balaban J connectivity index is 1.04. The number of imidazole rings is 1. The van der Waals surface area contributed by atoms with Crippen molar-refractivity contribution in [3.05, 3.63) is 235 Å². The Kier molecular flexibility index (Phi) is 6.62. The number of hydrogen-bond acceptors (Lipinski definition) is 2. The first-order valence-electron chi connectivity index (χ1n) is 31.1. The number of fused-ring (bicyclic) bond motifs is 10. The van der Waals surface area contributed by atoms with E-state index in [-0.39, 0.29) is 45.7 Å². The van der Waals surface area contributed by atoms with E-state index < -0.39 is 67.5 Å². The van der Waals surface area contributed by atoms with Gasteiger partial charge in [-0.15, -0.1) is 0 Å². The molecule has 340 valence electrons. The van der Waals surface area contributed by atoms with Crippen LogP contribution in [-0.4, -0.2) is 14.1 Å². The molecule has 3 aromatic heterocycles. The molecule has 0 N–H and O–H groups in total. The van der Waals surface area contributed by atoms with E-state index in [9.17, 15) is 2.74 Å². The average Bonchev–Trinajstić information content (AvgIpc) is 1.63. The number of ether oxygens (including phenoxy) is 1. The first kappa shape index (κ1) is 28.6. The Morgan fingerprint density at radius 2 is 1.23 bits per heavy atom. The van der Waals surface area contributed by atoms with E-state index in [2.05, 4.69) is 6.33 Å². The van der Waals surface area contributed by atoms with E-state index in [0.29, 0.717) is 67.2 Å². The maximum atomic E-state index is 9.24. The third-order valence-electron chi connectivity index (χ3n) is 13.3. The van der Waals surface area contributed by atoms with Crippen LogP contribution in [0, 0.1) is 20.0 Å². The van der Waals surface area contributed by atoms with Crippen molar-refractivity contribution in [2.75, 3.05) is 0 Å². The Hall–Kier alpha value is -8.80. The molecule has 13 rings (SSSR count). The van der Waals surface area contributed by atoms with Gasteiger partial charge in [-0.1, -0.05) is 178 Å². The van der Waals surface area contributed by atoms with Crippen LogP contribution in [0.25, 0.3) is 106 Å². The monoisotopic (exact) mass is 930 g/mol. The molecular formula is C66H50N4O. The second-order valence-corrected chi connectivity index (χ2v) is 18.6. The fraction of sp³-hybridized carbons (Fsp3) is 0.0909. The number of aryl methyl sites for hydroxylation is 2. The first-order valence-corrected chi connectivity index (χ1v) is 23.1. The lowest BCUT2D eigenvalue weighted by molar-refractivity contribution is -0.572. The van der Waals surface area contributed by atoms with Crippen LogP contribution in [0.3, 0.4) is 0 Å². The molecular weight excluding hydrogens is 865 g/mol. The van der Waals surface area contributed by atoms with Crippen molar-refractivity contribution in [3.63, 3.8) is 0 Å². The number of rotatable bonds is 6.